The molecule has 23 heavy (non-hydrogen) atoms. The van der Waals surface area contributed by atoms with Crippen molar-refractivity contribution < 1.29 is 24.2 Å². The van der Waals surface area contributed by atoms with Crippen molar-refractivity contribution in [1.29, 1.82) is 0 Å². The van der Waals surface area contributed by atoms with E-state index in [4.69, 9.17) is 14.6 Å². The quantitative estimate of drug-likeness (QED) is 0.809. The average molecular weight is 319 g/mol. The van der Waals surface area contributed by atoms with Crippen LogP contribution in [0.25, 0.3) is 6.08 Å². The highest BCUT2D eigenvalue weighted by atomic mass is 16.5. The minimum absolute atomic E-state index is 0.102. The number of hydrogen-bond acceptors (Lipinski definition) is 4. The van der Waals surface area contributed by atoms with Crippen molar-refractivity contribution in [2.45, 2.75) is 18.9 Å². The topological polar surface area (TPSA) is 76.1 Å². The number of ether oxygens (including phenoxy) is 2. The number of amides is 1. The van der Waals surface area contributed by atoms with Crippen LogP contribution in [0.15, 0.2) is 30.3 Å². The molecule has 124 valence electrons. The maximum Gasteiger partial charge on any atom is 0.323 e. The second kappa shape index (κ2) is 8.33. The highest BCUT2D eigenvalue weighted by molar-refractivity contribution is 5.94. The number of carboxylic acids is 1. The number of methoxy groups -OCH3 is 1. The van der Waals surface area contributed by atoms with Crippen molar-refractivity contribution in [2.24, 2.45) is 0 Å². The summed E-state index contributed by atoms with van der Waals surface area (Å²) in [6.45, 7) is 0.786. The number of carbonyl (C=O) groups excluding carboxylic acids is 1. The zero-order valence-electron chi connectivity index (χ0n) is 13.1. The maximum atomic E-state index is 12.4. The van der Waals surface area contributed by atoms with Gasteiger partial charge in [0.15, 0.2) is 0 Å². The van der Waals surface area contributed by atoms with Gasteiger partial charge in [-0.3, -0.25) is 9.59 Å². The summed E-state index contributed by atoms with van der Waals surface area (Å²) in [5.74, 6) is -0.673. The summed E-state index contributed by atoms with van der Waals surface area (Å²) >= 11 is 0. The number of para-hydroxylation sites is 1. The van der Waals surface area contributed by atoms with Crippen LogP contribution < -0.4 is 4.74 Å². The monoisotopic (exact) mass is 319 g/mol. The van der Waals surface area contributed by atoms with E-state index in [-0.39, 0.29) is 18.5 Å². The Kier molecular flexibility index (Phi) is 6.17. The molecule has 1 aliphatic heterocycles. The molecule has 0 bridgehead atoms. The van der Waals surface area contributed by atoms with E-state index in [9.17, 15) is 9.59 Å². The van der Waals surface area contributed by atoms with E-state index >= 15 is 0 Å². The Bertz CT molecular complexity index is 578. The molecule has 1 N–H and O–H groups in total. The van der Waals surface area contributed by atoms with Crippen LogP contribution in [0.1, 0.15) is 18.4 Å². The van der Waals surface area contributed by atoms with Gasteiger partial charge in [0.25, 0.3) is 0 Å². The van der Waals surface area contributed by atoms with Crippen molar-refractivity contribution in [3.05, 3.63) is 35.9 Å². The smallest absolute Gasteiger partial charge is 0.323 e. The van der Waals surface area contributed by atoms with Gasteiger partial charge in [-0.25, -0.2) is 0 Å². The normalized spacial score (nSPS) is 15.5. The molecule has 1 heterocycles. The first-order valence-electron chi connectivity index (χ1n) is 7.53. The third kappa shape index (κ3) is 4.82. The Morgan fingerprint density at radius 2 is 2.04 bits per heavy atom. The molecule has 1 fully saturated rings. The van der Waals surface area contributed by atoms with Crippen molar-refractivity contribution in [2.75, 3.05) is 26.9 Å². The molecule has 1 aliphatic rings. The summed E-state index contributed by atoms with van der Waals surface area (Å²) in [6.07, 6.45) is 4.36. The lowest BCUT2D eigenvalue weighted by molar-refractivity contribution is -0.145. The number of benzene rings is 1. The lowest BCUT2D eigenvalue weighted by atomic mass is 10.1. The van der Waals surface area contributed by atoms with E-state index in [2.05, 4.69) is 0 Å². The molecule has 0 unspecified atom stereocenters. The fourth-order valence-electron chi connectivity index (χ4n) is 2.59. The molecular formula is C17H21NO5. The molecule has 1 amide bonds. The molecule has 1 aromatic rings. The maximum absolute atomic E-state index is 12.4. The van der Waals surface area contributed by atoms with E-state index in [1.165, 1.54) is 11.0 Å². The number of hydrogen-bond donors (Lipinski definition) is 1. The van der Waals surface area contributed by atoms with Gasteiger partial charge in [0.05, 0.1) is 7.11 Å². The van der Waals surface area contributed by atoms with Crippen LogP contribution in [-0.4, -0.2) is 54.8 Å². The Balaban J connectivity index is 2.13. The Labute approximate surface area is 135 Å². The van der Waals surface area contributed by atoms with Gasteiger partial charge in [-0.1, -0.05) is 18.2 Å². The van der Waals surface area contributed by atoms with Gasteiger partial charge in [0, 0.05) is 30.9 Å². The second-order valence-corrected chi connectivity index (χ2v) is 5.28. The Hall–Kier alpha value is -2.34. The standard InChI is InChI=1S/C17H21NO5/c1-22-15-5-3-2-4-13(15)6-7-16(19)18(12-17(20)21)14-8-10-23-11-9-14/h2-7,14H,8-12H2,1H3,(H,20,21). The van der Waals surface area contributed by atoms with Gasteiger partial charge < -0.3 is 19.5 Å². The molecule has 0 aliphatic carbocycles. The van der Waals surface area contributed by atoms with Gasteiger partial charge in [0.1, 0.15) is 12.3 Å². The third-order valence-electron chi connectivity index (χ3n) is 3.76. The average Bonchev–Trinajstić information content (AvgIpc) is 2.58. The van der Waals surface area contributed by atoms with E-state index in [1.54, 1.807) is 19.3 Å². The van der Waals surface area contributed by atoms with Crippen molar-refractivity contribution in [1.82, 2.24) is 4.90 Å². The summed E-state index contributed by atoms with van der Waals surface area (Å²) in [6, 6.07) is 7.22. The van der Waals surface area contributed by atoms with Crippen molar-refractivity contribution in [3.63, 3.8) is 0 Å². The summed E-state index contributed by atoms with van der Waals surface area (Å²) in [7, 11) is 1.56. The molecule has 6 heteroatoms. The molecule has 0 atom stereocenters. The van der Waals surface area contributed by atoms with Crippen LogP contribution in [0, 0.1) is 0 Å². The van der Waals surface area contributed by atoms with Gasteiger partial charge in [-0.05, 0) is 25.0 Å². The van der Waals surface area contributed by atoms with Gasteiger partial charge in [-0.2, -0.15) is 0 Å². The van der Waals surface area contributed by atoms with E-state index in [0.717, 1.165) is 5.56 Å². The predicted molar refractivity (Wildman–Crippen MR) is 85.2 cm³/mol. The first-order chi connectivity index (χ1) is 11.1. The summed E-state index contributed by atoms with van der Waals surface area (Å²) in [4.78, 5) is 24.9. The van der Waals surface area contributed by atoms with E-state index < -0.39 is 5.97 Å². The molecule has 6 nitrogen and oxygen atoms in total. The molecule has 0 radical (unpaired) electrons. The molecule has 0 spiro atoms. The first-order valence-corrected chi connectivity index (χ1v) is 7.53. The van der Waals surface area contributed by atoms with E-state index in [0.29, 0.717) is 31.8 Å². The fraction of sp³-hybridized carbons (Fsp3) is 0.412. The van der Waals surface area contributed by atoms with Crippen LogP contribution in [0.5, 0.6) is 5.75 Å². The minimum Gasteiger partial charge on any atom is -0.496 e. The minimum atomic E-state index is -1.02. The van der Waals surface area contributed by atoms with Crippen LogP contribution in [-0.2, 0) is 14.3 Å². The summed E-state index contributed by atoms with van der Waals surface area (Å²) < 4.78 is 10.5. The molecule has 1 aromatic carbocycles. The van der Waals surface area contributed by atoms with Crippen LogP contribution in [0.3, 0.4) is 0 Å². The van der Waals surface area contributed by atoms with Gasteiger partial charge in [-0.15, -0.1) is 0 Å². The number of aliphatic carboxylic acids is 1. The molecular weight excluding hydrogens is 298 g/mol. The van der Waals surface area contributed by atoms with Gasteiger partial charge >= 0.3 is 5.97 Å². The Morgan fingerprint density at radius 1 is 1.35 bits per heavy atom. The lowest BCUT2D eigenvalue weighted by Gasteiger charge is -2.32. The van der Waals surface area contributed by atoms with E-state index in [1.807, 2.05) is 18.2 Å². The number of nitrogens with zero attached hydrogens (tertiary/aromatic N) is 1. The highest BCUT2D eigenvalue weighted by Gasteiger charge is 2.26. The fourth-order valence-corrected chi connectivity index (χ4v) is 2.59. The molecule has 2 rings (SSSR count). The number of carboxylic acid groups (broad SMARTS) is 1. The first kappa shape index (κ1) is 17.0. The van der Waals surface area contributed by atoms with Gasteiger partial charge in [0.2, 0.25) is 5.91 Å². The number of rotatable bonds is 6. The SMILES string of the molecule is COc1ccccc1C=CC(=O)N(CC(=O)O)C1CCOCC1. The molecule has 0 aromatic heterocycles. The molecule has 1 saturated heterocycles. The summed E-state index contributed by atoms with van der Waals surface area (Å²) in [5, 5.41) is 9.06. The predicted octanol–water partition coefficient (Wildman–Crippen LogP) is 1.80. The van der Waals surface area contributed by atoms with Crippen LogP contribution in [0.2, 0.25) is 0 Å². The Morgan fingerprint density at radius 3 is 2.70 bits per heavy atom. The molecule has 0 saturated carbocycles. The third-order valence-corrected chi connectivity index (χ3v) is 3.76. The zero-order chi connectivity index (χ0) is 16.7. The van der Waals surface area contributed by atoms with Crippen LogP contribution in [0.4, 0.5) is 0 Å². The lowest BCUT2D eigenvalue weighted by Crippen LogP contribution is -2.45. The zero-order valence-corrected chi connectivity index (χ0v) is 13.1. The second-order valence-electron chi connectivity index (χ2n) is 5.28. The van der Waals surface area contributed by atoms with Crippen molar-refractivity contribution in [3.8, 4) is 5.75 Å². The van der Waals surface area contributed by atoms with Crippen molar-refractivity contribution >= 4 is 18.0 Å². The highest BCUT2D eigenvalue weighted by Crippen LogP contribution is 2.20. The summed E-state index contributed by atoms with van der Waals surface area (Å²) in [5.41, 5.74) is 0.769. The largest absolute Gasteiger partial charge is 0.496 e. The number of carbonyl (C=O) groups is 2. The van der Waals surface area contributed by atoms with Crippen LogP contribution >= 0.6 is 0 Å².